The van der Waals surface area contributed by atoms with Crippen molar-refractivity contribution in [3.8, 4) is 0 Å². The molecule has 3 nitrogen and oxygen atoms in total. The highest BCUT2D eigenvalue weighted by molar-refractivity contribution is 4.76. The van der Waals surface area contributed by atoms with E-state index in [1.807, 2.05) is 7.05 Å². The van der Waals surface area contributed by atoms with E-state index in [-0.39, 0.29) is 0 Å². The molecule has 86 valence electrons. The Kier molecular flexibility index (Phi) is 8.14. The third-order valence-electron chi connectivity index (χ3n) is 2.72. The molecule has 0 aliphatic rings. The van der Waals surface area contributed by atoms with Gasteiger partial charge in [-0.15, -0.1) is 0 Å². The molecule has 0 aliphatic heterocycles. The normalized spacial score (nSPS) is 15.9. The van der Waals surface area contributed by atoms with Crippen molar-refractivity contribution in [1.29, 1.82) is 0 Å². The van der Waals surface area contributed by atoms with Gasteiger partial charge in [0, 0.05) is 25.7 Å². The highest BCUT2D eigenvalue weighted by Gasteiger charge is 2.19. The van der Waals surface area contributed by atoms with Gasteiger partial charge >= 0.3 is 0 Å². The number of rotatable bonds is 8. The average molecular weight is 202 g/mol. The van der Waals surface area contributed by atoms with Crippen molar-refractivity contribution in [3.05, 3.63) is 0 Å². The minimum Gasteiger partial charge on any atom is -0.383 e. The topological polar surface area (TPSA) is 24.5 Å². The molecule has 0 fully saturated rings. The molecule has 0 saturated heterocycles. The molecule has 0 radical (unpaired) electrons. The van der Waals surface area contributed by atoms with Gasteiger partial charge in [0.2, 0.25) is 0 Å². The summed E-state index contributed by atoms with van der Waals surface area (Å²) >= 11 is 0. The molecule has 0 rings (SSSR count). The summed E-state index contributed by atoms with van der Waals surface area (Å²) in [7, 11) is 3.78. The molecule has 2 atom stereocenters. The van der Waals surface area contributed by atoms with Crippen LogP contribution in [0, 0.1) is 0 Å². The van der Waals surface area contributed by atoms with Crippen LogP contribution in [0.1, 0.15) is 27.2 Å². The monoisotopic (exact) mass is 202 g/mol. The largest absolute Gasteiger partial charge is 0.383 e. The van der Waals surface area contributed by atoms with E-state index in [0.29, 0.717) is 12.1 Å². The van der Waals surface area contributed by atoms with E-state index >= 15 is 0 Å². The van der Waals surface area contributed by atoms with Crippen LogP contribution >= 0.6 is 0 Å². The van der Waals surface area contributed by atoms with Gasteiger partial charge in [-0.3, -0.25) is 4.90 Å². The molecule has 14 heavy (non-hydrogen) atoms. The number of hydrogen-bond acceptors (Lipinski definition) is 3. The third kappa shape index (κ3) is 4.40. The van der Waals surface area contributed by atoms with Crippen LogP contribution in [0.25, 0.3) is 0 Å². The smallest absolute Gasteiger partial charge is 0.0615 e. The fourth-order valence-corrected chi connectivity index (χ4v) is 2.00. The van der Waals surface area contributed by atoms with E-state index in [1.165, 1.54) is 6.42 Å². The minimum absolute atomic E-state index is 0.503. The van der Waals surface area contributed by atoms with Crippen LogP contribution in [-0.4, -0.2) is 50.8 Å². The summed E-state index contributed by atoms with van der Waals surface area (Å²) in [5.41, 5.74) is 0. The van der Waals surface area contributed by atoms with Crippen molar-refractivity contribution in [3.63, 3.8) is 0 Å². The molecule has 0 amide bonds. The van der Waals surface area contributed by atoms with Crippen LogP contribution in [-0.2, 0) is 4.74 Å². The maximum atomic E-state index is 5.20. The van der Waals surface area contributed by atoms with Gasteiger partial charge in [-0.1, -0.05) is 13.8 Å². The van der Waals surface area contributed by atoms with E-state index in [9.17, 15) is 0 Å². The van der Waals surface area contributed by atoms with Crippen LogP contribution < -0.4 is 5.32 Å². The van der Waals surface area contributed by atoms with Crippen molar-refractivity contribution in [1.82, 2.24) is 10.2 Å². The number of ether oxygens (including phenoxy) is 1. The van der Waals surface area contributed by atoms with Crippen LogP contribution in [0.4, 0.5) is 0 Å². The van der Waals surface area contributed by atoms with E-state index in [2.05, 4.69) is 31.0 Å². The summed E-state index contributed by atoms with van der Waals surface area (Å²) in [6, 6.07) is 1.12. The Hall–Kier alpha value is -0.120. The Morgan fingerprint density at radius 3 is 2.36 bits per heavy atom. The Morgan fingerprint density at radius 1 is 1.36 bits per heavy atom. The molecular weight excluding hydrogens is 176 g/mol. The Balaban J connectivity index is 4.18. The molecule has 0 saturated carbocycles. The second-order valence-electron chi connectivity index (χ2n) is 3.75. The predicted molar refractivity (Wildman–Crippen MR) is 61.7 cm³/mol. The maximum Gasteiger partial charge on any atom is 0.0615 e. The van der Waals surface area contributed by atoms with Gasteiger partial charge in [0.1, 0.15) is 0 Å². The van der Waals surface area contributed by atoms with Crippen molar-refractivity contribution >= 4 is 0 Å². The summed E-state index contributed by atoms with van der Waals surface area (Å²) in [4.78, 5) is 2.50. The highest BCUT2D eigenvalue weighted by Crippen LogP contribution is 2.08. The Bertz CT molecular complexity index is 130. The maximum absolute atomic E-state index is 5.20. The zero-order valence-electron chi connectivity index (χ0n) is 10.3. The molecule has 2 unspecified atom stereocenters. The molecule has 0 aromatic carbocycles. The molecule has 1 N–H and O–H groups in total. The first kappa shape index (κ1) is 13.9. The lowest BCUT2D eigenvalue weighted by molar-refractivity contribution is 0.0718. The number of likely N-dealkylation sites (N-methyl/N-ethyl adjacent to an activating group) is 2. The zero-order chi connectivity index (χ0) is 11.0. The fourth-order valence-electron chi connectivity index (χ4n) is 2.00. The van der Waals surface area contributed by atoms with Crippen LogP contribution in [0.5, 0.6) is 0 Å². The summed E-state index contributed by atoms with van der Waals surface area (Å²) < 4.78 is 5.20. The highest BCUT2D eigenvalue weighted by atomic mass is 16.5. The molecule has 0 spiro atoms. The summed E-state index contributed by atoms with van der Waals surface area (Å²) in [6.07, 6.45) is 1.18. The van der Waals surface area contributed by atoms with Crippen LogP contribution in [0.2, 0.25) is 0 Å². The first-order chi connectivity index (χ1) is 6.71. The second-order valence-corrected chi connectivity index (χ2v) is 3.75. The lowest BCUT2D eigenvalue weighted by Crippen LogP contribution is -2.47. The number of nitrogens with zero attached hydrogens (tertiary/aromatic N) is 1. The van der Waals surface area contributed by atoms with Gasteiger partial charge in [0.05, 0.1) is 6.61 Å². The van der Waals surface area contributed by atoms with Crippen molar-refractivity contribution in [2.24, 2.45) is 0 Å². The van der Waals surface area contributed by atoms with E-state index in [1.54, 1.807) is 7.11 Å². The van der Waals surface area contributed by atoms with Crippen molar-refractivity contribution in [2.75, 3.05) is 33.9 Å². The molecule has 0 aromatic rings. The molecule has 0 aromatic heterocycles. The SMILES string of the molecule is CCC(CNC)N(CC)C(C)COC. The van der Waals surface area contributed by atoms with E-state index in [0.717, 1.165) is 19.7 Å². The quantitative estimate of drug-likeness (QED) is 0.643. The van der Waals surface area contributed by atoms with Crippen molar-refractivity contribution in [2.45, 2.75) is 39.3 Å². The molecule has 0 aliphatic carbocycles. The second kappa shape index (κ2) is 8.21. The number of hydrogen-bond donors (Lipinski definition) is 1. The molecule has 3 heteroatoms. The van der Waals surface area contributed by atoms with Crippen LogP contribution in [0.15, 0.2) is 0 Å². The first-order valence-corrected chi connectivity index (χ1v) is 5.60. The number of nitrogens with one attached hydrogen (secondary N) is 1. The lowest BCUT2D eigenvalue weighted by atomic mass is 10.1. The summed E-state index contributed by atoms with van der Waals surface area (Å²) in [6.45, 7) is 9.64. The first-order valence-electron chi connectivity index (χ1n) is 5.60. The van der Waals surface area contributed by atoms with Gasteiger partial charge < -0.3 is 10.1 Å². The van der Waals surface area contributed by atoms with Gasteiger partial charge in [-0.2, -0.15) is 0 Å². The lowest BCUT2D eigenvalue weighted by Gasteiger charge is -2.34. The van der Waals surface area contributed by atoms with Crippen LogP contribution in [0.3, 0.4) is 0 Å². The predicted octanol–water partition coefficient (Wildman–Crippen LogP) is 1.34. The van der Waals surface area contributed by atoms with Gasteiger partial charge in [0.25, 0.3) is 0 Å². The average Bonchev–Trinajstić information content (AvgIpc) is 2.18. The number of methoxy groups -OCH3 is 1. The minimum atomic E-state index is 0.503. The zero-order valence-corrected chi connectivity index (χ0v) is 10.3. The summed E-state index contributed by atoms with van der Waals surface area (Å²) in [5, 5.41) is 3.25. The summed E-state index contributed by atoms with van der Waals surface area (Å²) in [5.74, 6) is 0. The Labute approximate surface area is 88.8 Å². The molecule has 0 bridgehead atoms. The Morgan fingerprint density at radius 2 is 2.00 bits per heavy atom. The fraction of sp³-hybridized carbons (Fsp3) is 1.00. The molecular formula is C11H26N2O. The molecule has 0 heterocycles. The van der Waals surface area contributed by atoms with E-state index < -0.39 is 0 Å². The van der Waals surface area contributed by atoms with Gasteiger partial charge in [0.15, 0.2) is 0 Å². The van der Waals surface area contributed by atoms with Gasteiger partial charge in [-0.25, -0.2) is 0 Å². The van der Waals surface area contributed by atoms with Gasteiger partial charge in [-0.05, 0) is 26.9 Å². The van der Waals surface area contributed by atoms with E-state index in [4.69, 9.17) is 4.74 Å². The third-order valence-corrected chi connectivity index (χ3v) is 2.72. The standard InChI is InChI=1S/C11H26N2O/c1-6-11(8-12-4)13(7-2)10(3)9-14-5/h10-12H,6-9H2,1-5H3. The van der Waals surface area contributed by atoms with Crippen molar-refractivity contribution < 1.29 is 4.74 Å².